The molecule has 1 aliphatic rings. The second-order valence-corrected chi connectivity index (χ2v) is 7.11. The van der Waals surface area contributed by atoms with Crippen LogP contribution < -0.4 is 0 Å². The summed E-state index contributed by atoms with van der Waals surface area (Å²) in [6.07, 6.45) is 3.85. The molecule has 2 rings (SSSR count). The predicted octanol–water partition coefficient (Wildman–Crippen LogP) is 3.92. The average molecular weight is 276 g/mol. The van der Waals surface area contributed by atoms with Gasteiger partial charge >= 0.3 is 0 Å². The van der Waals surface area contributed by atoms with Gasteiger partial charge < -0.3 is 9.84 Å². The van der Waals surface area contributed by atoms with Crippen LogP contribution in [0.15, 0.2) is 24.3 Å². The van der Waals surface area contributed by atoms with E-state index in [1.165, 1.54) is 30.4 Å². The fraction of sp³-hybridized carbons (Fsp3) is 0.667. The summed E-state index contributed by atoms with van der Waals surface area (Å²) in [5.74, 6) is 0.468. The number of aryl methyl sites for hydroxylation is 1. The number of methoxy groups -OCH3 is 1. The molecule has 20 heavy (non-hydrogen) atoms. The Morgan fingerprint density at radius 3 is 2.65 bits per heavy atom. The topological polar surface area (TPSA) is 29.5 Å². The summed E-state index contributed by atoms with van der Waals surface area (Å²) in [6, 6.07) is 8.68. The Morgan fingerprint density at radius 1 is 1.30 bits per heavy atom. The van der Waals surface area contributed by atoms with E-state index in [4.69, 9.17) is 4.74 Å². The predicted molar refractivity (Wildman–Crippen MR) is 83.0 cm³/mol. The summed E-state index contributed by atoms with van der Waals surface area (Å²) in [6.45, 7) is 6.37. The standard InChI is InChI=1S/C18H28O2/c1-18(2,3)17(20-4)16(19)12-14-10-7-9-13-8-5-6-11-15(13)14/h5-6,8,11,14,16-17,19H,7,9-10,12H2,1-4H3. The normalized spacial score (nSPS) is 22.1. The molecule has 1 aliphatic carbocycles. The maximum Gasteiger partial charge on any atom is 0.0878 e. The lowest BCUT2D eigenvalue weighted by atomic mass is 9.76. The molecule has 0 saturated carbocycles. The number of benzene rings is 1. The number of hydrogen-bond acceptors (Lipinski definition) is 2. The van der Waals surface area contributed by atoms with Crippen molar-refractivity contribution in [2.24, 2.45) is 5.41 Å². The van der Waals surface area contributed by atoms with Crippen LogP contribution in [0, 0.1) is 5.41 Å². The molecule has 3 unspecified atom stereocenters. The highest BCUT2D eigenvalue weighted by atomic mass is 16.5. The molecule has 0 amide bonds. The van der Waals surface area contributed by atoms with Crippen molar-refractivity contribution in [1.82, 2.24) is 0 Å². The van der Waals surface area contributed by atoms with Crippen molar-refractivity contribution >= 4 is 0 Å². The Morgan fingerprint density at radius 2 is 2.00 bits per heavy atom. The molecule has 3 atom stereocenters. The highest BCUT2D eigenvalue weighted by Gasteiger charge is 2.33. The van der Waals surface area contributed by atoms with Gasteiger partial charge in [0.05, 0.1) is 12.2 Å². The third kappa shape index (κ3) is 3.42. The molecule has 0 heterocycles. The number of aliphatic hydroxyl groups is 1. The van der Waals surface area contributed by atoms with Crippen LogP contribution in [0.4, 0.5) is 0 Å². The monoisotopic (exact) mass is 276 g/mol. The molecular weight excluding hydrogens is 248 g/mol. The Kier molecular flexibility index (Phi) is 4.87. The number of hydrogen-bond donors (Lipinski definition) is 1. The first-order valence-electron chi connectivity index (χ1n) is 7.72. The van der Waals surface area contributed by atoms with Gasteiger partial charge in [-0.1, -0.05) is 45.0 Å². The van der Waals surface area contributed by atoms with Crippen molar-refractivity contribution in [2.75, 3.05) is 7.11 Å². The van der Waals surface area contributed by atoms with Crippen LogP contribution in [-0.2, 0) is 11.2 Å². The molecule has 112 valence electrons. The van der Waals surface area contributed by atoms with Gasteiger partial charge in [-0.15, -0.1) is 0 Å². The SMILES string of the molecule is COC(C(O)CC1CCCc2ccccc21)C(C)(C)C. The van der Waals surface area contributed by atoms with E-state index in [1.54, 1.807) is 7.11 Å². The van der Waals surface area contributed by atoms with Crippen LogP contribution in [0.1, 0.15) is 57.1 Å². The summed E-state index contributed by atoms with van der Waals surface area (Å²) in [5, 5.41) is 10.6. The quantitative estimate of drug-likeness (QED) is 0.903. The Balaban J connectivity index is 2.11. The number of rotatable bonds is 4. The zero-order valence-electron chi connectivity index (χ0n) is 13.2. The van der Waals surface area contributed by atoms with E-state index in [1.807, 2.05) is 0 Å². The van der Waals surface area contributed by atoms with Crippen LogP contribution in [0.2, 0.25) is 0 Å². The Bertz CT molecular complexity index is 433. The lowest BCUT2D eigenvalue weighted by molar-refractivity contribution is -0.0757. The number of ether oxygens (including phenoxy) is 1. The summed E-state index contributed by atoms with van der Waals surface area (Å²) in [7, 11) is 1.70. The Hall–Kier alpha value is -0.860. The van der Waals surface area contributed by atoms with Crippen molar-refractivity contribution in [1.29, 1.82) is 0 Å². The van der Waals surface area contributed by atoms with Gasteiger partial charge in [-0.05, 0) is 48.1 Å². The molecule has 0 radical (unpaired) electrons. The molecule has 0 fully saturated rings. The van der Waals surface area contributed by atoms with Gasteiger partial charge in [-0.25, -0.2) is 0 Å². The maximum atomic E-state index is 10.6. The minimum Gasteiger partial charge on any atom is -0.390 e. The van der Waals surface area contributed by atoms with E-state index in [9.17, 15) is 5.11 Å². The first-order chi connectivity index (χ1) is 9.43. The summed E-state index contributed by atoms with van der Waals surface area (Å²) >= 11 is 0. The molecule has 0 spiro atoms. The molecule has 2 nitrogen and oxygen atoms in total. The van der Waals surface area contributed by atoms with Crippen LogP contribution in [0.3, 0.4) is 0 Å². The van der Waals surface area contributed by atoms with E-state index < -0.39 is 6.10 Å². The number of fused-ring (bicyclic) bond motifs is 1. The van der Waals surface area contributed by atoms with E-state index in [-0.39, 0.29) is 11.5 Å². The molecular formula is C18H28O2. The molecule has 0 saturated heterocycles. The van der Waals surface area contributed by atoms with Crippen molar-refractivity contribution in [3.63, 3.8) is 0 Å². The van der Waals surface area contributed by atoms with Gasteiger partial charge in [0.25, 0.3) is 0 Å². The fourth-order valence-corrected chi connectivity index (χ4v) is 3.60. The van der Waals surface area contributed by atoms with E-state index in [2.05, 4.69) is 45.0 Å². The zero-order valence-corrected chi connectivity index (χ0v) is 13.2. The minimum absolute atomic E-state index is 0.0393. The van der Waals surface area contributed by atoms with E-state index >= 15 is 0 Å². The summed E-state index contributed by atoms with van der Waals surface area (Å²) in [5.41, 5.74) is 2.85. The van der Waals surface area contributed by atoms with Gasteiger partial charge in [0.2, 0.25) is 0 Å². The van der Waals surface area contributed by atoms with Crippen LogP contribution in [0.5, 0.6) is 0 Å². The van der Waals surface area contributed by atoms with Crippen LogP contribution in [0.25, 0.3) is 0 Å². The van der Waals surface area contributed by atoms with Crippen molar-refractivity contribution < 1.29 is 9.84 Å². The summed E-state index contributed by atoms with van der Waals surface area (Å²) in [4.78, 5) is 0. The van der Waals surface area contributed by atoms with Crippen molar-refractivity contribution in [3.05, 3.63) is 35.4 Å². The molecule has 0 aromatic heterocycles. The largest absolute Gasteiger partial charge is 0.390 e. The Labute approximate surface area is 123 Å². The number of aliphatic hydroxyl groups excluding tert-OH is 1. The van der Waals surface area contributed by atoms with Crippen molar-refractivity contribution in [2.45, 2.75) is 64.6 Å². The molecule has 1 aromatic carbocycles. The van der Waals surface area contributed by atoms with E-state index in [0.29, 0.717) is 5.92 Å². The fourth-order valence-electron chi connectivity index (χ4n) is 3.60. The third-order valence-corrected chi connectivity index (χ3v) is 4.48. The van der Waals surface area contributed by atoms with Crippen LogP contribution >= 0.6 is 0 Å². The van der Waals surface area contributed by atoms with Gasteiger partial charge in [-0.2, -0.15) is 0 Å². The lowest BCUT2D eigenvalue weighted by Crippen LogP contribution is -2.40. The molecule has 1 aromatic rings. The highest BCUT2D eigenvalue weighted by Crippen LogP contribution is 2.37. The highest BCUT2D eigenvalue weighted by molar-refractivity contribution is 5.32. The smallest absolute Gasteiger partial charge is 0.0878 e. The van der Waals surface area contributed by atoms with Crippen molar-refractivity contribution in [3.8, 4) is 0 Å². The van der Waals surface area contributed by atoms with Gasteiger partial charge in [0, 0.05) is 7.11 Å². The van der Waals surface area contributed by atoms with Crippen LogP contribution in [-0.4, -0.2) is 24.4 Å². The molecule has 2 heteroatoms. The van der Waals surface area contributed by atoms with Gasteiger partial charge in [-0.3, -0.25) is 0 Å². The van der Waals surface area contributed by atoms with Gasteiger partial charge in [0.1, 0.15) is 0 Å². The lowest BCUT2D eigenvalue weighted by Gasteiger charge is -2.36. The molecule has 0 aliphatic heterocycles. The first-order valence-corrected chi connectivity index (χ1v) is 7.72. The molecule has 0 bridgehead atoms. The summed E-state index contributed by atoms with van der Waals surface area (Å²) < 4.78 is 5.56. The van der Waals surface area contributed by atoms with Gasteiger partial charge in [0.15, 0.2) is 0 Å². The minimum atomic E-state index is -0.406. The molecule has 1 N–H and O–H groups in total. The first kappa shape index (κ1) is 15.5. The van der Waals surface area contributed by atoms with E-state index in [0.717, 1.165) is 6.42 Å². The average Bonchev–Trinajstić information content (AvgIpc) is 2.38. The maximum absolute atomic E-state index is 10.6. The second-order valence-electron chi connectivity index (χ2n) is 7.11. The third-order valence-electron chi connectivity index (χ3n) is 4.48. The second kappa shape index (κ2) is 6.28. The zero-order chi connectivity index (χ0) is 14.8.